The fourth-order valence-electron chi connectivity index (χ4n) is 1.84. The topological polar surface area (TPSA) is 24.9 Å². The average Bonchev–Trinajstić information content (AvgIpc) is 2.40. The predicted octanol–water partition coefficient (Wildman–Crippen LogP) is 3.89. The van der Waals surface area contributed by atoms with E-state index in [4.69, 9.17) is 23.2 Å². The largest absolute Gasteiger partial charge is 0.313 e. The Labute approximate surface area is 117 Å². The first-order chi connectivity index (χ1) is 8.70. The number of benzene rings is 1. The van der Waals surface area contributed by atoms with Gasteiger partial charge in [-0.3, -0.25) is 4.98 Å². The molecule has 2 rings (SSSR count). The lowest BCUT2D eigenvalue weighted by atomic mass is 10.0. The second-order valence-electron chi connectivity index (χ2n) is 4.04. The van der Waals surface area contributed by atoms with Crippen molar-refractivity contribution in [3.8, 4) is 0 Å². The Bertz CT molecular complexity index is 514. The fourth-order valence-corrected chi connectivity index (χ4v) is 2.15. The van der Waals surface area contributed by atoms with Crippen LogP contribution in [0.3, 0.4) is 0 Å². The van der Waals surface area contributed by atoms with Crippen LogP contribution in [0.2, 0.25) is 10.0 Å². The molecule has 2 aromatic rings. The van der Waals surface area contributed by atoms with Gasteiger partial charge in [0, 0.05) is 24.4 Å². The standard InChI is InChI=1S/C14H14Cl2N2/c1-17-14(9-11-4-2-3-7-18-11)10-5-6-12(15)13(16)8-10/h2-8,14,17H,9H2,1H3. The highest BCUT2D eigenvalue weighted by Crippen LogP contribution is 2.26. The quantitative estimate of drug-likeness (QED) is 0.919. The van der Waals surface area contributed by atoms with Crippen LogP contribution in [0.1, 0.15) is 17.3 Å². The maximum atomic E-state index is 6.04. The Morgan fingerprint density at radius 2 is 2.00 bits per heavy atom. The summed E-state index contributed by atoms with van der Waals surface area (Å²) in [7, 11) is 1.93. The molecule has 2 nitrogen and oxygen atoms in total. The SMILES string of the molecule is CNC(Cc1ccccn1)c1ccc(Cl)c(Cl)c1. The van der Waals surface area contributed by atoms with Crippen molar-refractivity contribution >= 4 is 23.2 Å². The maximum absolute atomic E-state index is 6.04. The Morgan fingerprint density at radius 1 is 1.17 bits per heavy atom. The molecule has 0 fully saturated rings. The highest BCUT2D eigenvalue weighted by molar-refractivity contribution is 6.42. The molecule has 94 valence electrons. The Kier molecular flexibility index (Phi) is 4.59. The van der Waals surface area contributed by atoms with E-state index in [1.807, 2.05) is 43.4 Å². The molecule has 0 spiro atoms. The molecule has 1 unspecified atom stereocenters. The van der Waals surface area contributed by atoms with Gasteiger partial charge in [0.2, 0.25) is 0 Å². The normalized spacial score (nSPS) is 12.4. The Balaban J connectivity index is 2.20. The summed E-state index contributed by atoms with van der Waals surface area (Å²) < 4.78 is 0. The van der Waals surface area contributed by atoms with Gasteiger partial charge >= 0.3 is 0 Å². The third-order valence-electron chi connectivity index (χ3n) is 2.83. The molecular formula is C14H14Cl2N2. The van der Waals surface area contributed by atoms with E-state index in [-0.39, 0.29) is 6.04 Å². The van der Waals surface area contributed by atoms with Gasteiger partial charge in [0.15, 0.2) is 0 Å². The van der Waals surface area contributed by atoms with Gasteiger partial charge in [-0.2, -0.15) is 0 Å². The van der Waals surface area contributed by atoms with Gasteiger partial charge in [0.1, 0.15) is 0 Å². The third-order valence-corrected chi connectivity index (χ3v) is 3.57. The van der Waals surface area contributed by atoms with Crippen LogP contribution in [0.25, 0.3) is 0 Å². The van der Waals surface area contributed by atoms with Crippen LogP contribution in [-0.2, 0) is 6.42 Å². The van der Waals surface area contributed by atoms with E-state index in [1.165, 1.54) is 0 Å². The number of aromatic nitrogens is 1. The molecule has 0 aliphatic heterocycles. The number of hydrogen-bond acceptors (Lipinski definition) is 2. The second kappa shape index (κ2) is 6.19. The van der Waals surface area contributed by atoms with E-state index >= 15 is 0 Å². The lowest BCUT2D eigenvalue weighted by molar-refractivity contribution is 0.584. The second-order valence-corrected chi connectivity index (χ2v) is 4.85. The van der Waals surface area contributed by atoms with Crippen molar-refractivity contribution in [3.63, 3.8) is 0 Å². The number of hydrogen-bond donors (Lipinski definition) is 1. The van der Waals surface area contributed by atoms with Crippen LogP contribution in [0.4, 0.5) is 0 Å². The number of nitrogens with one attached hydrogen (secondary N) is 1. The Hall–Kier alpha value is -1.09. The molecule has 0 saturated heterocycles. The van der Waals surface area contributed by atoms with Gasteiger partial charge in [-0.25, -0.2) is 0 Å². The van der Waals surface area contributed by atoms with Gasteiger partial charge in [-0.15, -0.1) is 0 Å². The first kappa shape index (κ1) is 13.3. The summed E-state index contributed by atoms with van der Waals surface area (Å²) in [6.45, 7) is 0. The van der Waals surface area contributed by atoms with E-state index in [0.717, 1.165) is 17.7 Å². The van der Waals surface area contributed by atoms with Crippen LogP contribution in [0.15, 0.2) is 42.6 Å². The molecule has 0 radical (unpaired) electrons. The van der Waals surface area contributed by atoms with E-state index in [0.29, 0.717) is 10.0 Å². The molecule has 1 aromatic carbocycles. The van der Waals surface area contributed by atoms with Gasteiger partial charge in [-0.05, 0) is 36.9 Å². The monoisotopic (exact) mass is 280 g/mol. The lowest BCUT2D eigenvalue weighted by Gasteiger charge is -2.16. The predicted molar refractivity (Wildman–Crippen MR) is 76.2 cm³/mol. The molecule has 0 saturated carbocycles. The fraction of sp³-hybridized carbons (Fsp3) is 0.214. The number of rotatable bonds is 4. The lowest BCUT2D eigenvalue weighted by Crippen LogP contribution is -2.19. The van der Waals surface area contributed by atoms with E-state index in [9.17, 15) is 0 Å². The number of pyridine rings is 1. The van der Waals surface area contributed by atoms with Gasteiger partial charge in [0.25, 0.3) is 0 Å². The van der Waals surface area contributed by atoms with Crippen LogP contribution >= 0.6 is 23.2 Å². The Morgan fingerprint density at radius 3 is 2.61 bits per heavy atom. The zero-order chi connectivity index (χ0) is 13.0. The van der Waals surface area contributed by atoms with Gasteiger partial charge in [-0.1, -0.05) is 35.3 Å². The zero-order valence-electron chi connectivity index (χ0n) is 10.0. The van der Waals surface area contributed by atoms with Crippen molar-refractivity contribution in [1.82, 2.24) is 10.3 Å². The van der Waals surface area contributed by atoms with Crippen molar-refractivity contribution < 1.29 is 0 Å². The molecule has 18 heavy (non-hydrogen) atoms. The number of likely N-dealkylation sites (N-methyl/N-ethyl adjacent to an activating group) is 1. The summed E-state index contributed by atoms with van der Waals surface area (Å²) in [5, 5.41) is 4.43. The van der Waals surface area contributed by atoms with E-state index in [2.05, 4.69) is 10.3 Å². The summed E-state index contributed by atoms with van der Waals surface area (Å²) in [6.07, 6.45) is 2.62. The molecule has 1 heterocycles. The minimum absolute atomic E-state index is 0.176. The van der Waals surface area contributed by atoms with Crippen LogP contribution in [0, 0.1) is 0 Å². The molecule has 1 aromatic heterocycles. The summed E-state index contributed by atoms with van der Waals surface area (Å²) in [5.74, 6) is 0. The summed E-state index contributed by atoms with van der Waals surface area (Å²) in [4.78, 5) is 4.33. The molecular weight excluding hydrogens is 267 g/mol. The van der Waals surface area contributed by atoms with Crippen molar-refractivity contribution in [3.05, 3.63) is 63.9 Å². The molecule has 0 aliphatic carbocycles. The first-order valence-corrected chi connectivity index (χ1v) is 6.48. The summed E-state index contributed by atoms with van der Waals surface area (Å²) in [5.41, 5.74) is 2.15. The van der Waals surface area contributed by atoms with Gasteiger partial charge < -0.3 is 5.32 Å². The average molecular weight is 281 g/mol. The zero-order valence-corrected chi connectivity index (χ0v) is 11.5. The molecule has 0 amide bonds. The molecule has 1 atom stereocenters. The summed E-state index contributed by atoms with van der Waals surface area (Å²) >= 11 is 12.0. The maximum Gasteiger partial charge on any atom is 0.0595 e. The minimum atomic E-state index is 0.176. The first-order valence-electron chi connectivity index (χ1n) is 5.73. The van der Waals surface area contributed by atoms with Crippen LogP contribution in [-0.4, -0.2) is 12.0 Å². The molecule has 0 aliphatic rings. The van der Waals surface area contributed by atoms with Crippen molar-refractivity contribution in [2.75, 3.05) is 7.05 Å². The highest BCUT2D eigenvalue weighted by Gasteiger charge is 2.12. The van der Waals surface area contributed by atoms with Crippen LogP contribution in [0.5, 0.6) is 0 Å². The number of nitrogens with zero attached hydrogens (tertiary/aromatic N) is 1. The molecule has 0 bridgehead atoms. The van der Waals surface area contributed by atoms with Gasteiger partial charge in [0.05, 0.1) is 10.0 Å². The molecule has 4 heteroatoms. The smallest absolute Gasteiger partial charge is 0.0595 e. The third kappa shape index (κ3) is 3.22. The van der Waals surface area contributed by atoms with Crippen molar-refractivity contribution in [2.45, 2.75) is 12.5 Å². The highest BCUT2D eigenvalue weighted by atomic mass is 35.5. The van der Waals surface area contributed by atoms with Crippen molar-refractivity contribution in [1.29, 1.82) is 0 Å². The van der Waals surface area contributed by atoms with Crippen molar-refractivity contribution in [2.24, 2.45) is 0 Å². The van der Waals surface area contributed by atoms with E-state index < -0.39 is 0 Å². The molecule has 1 N–H and O–H groups in total. The van der Waals surface area contributed by atoms with E-state index in [1.54, 1.807) is 6.20 Å². The number of halogens is 2. The van der Waals surface area contributed by atoms with Crippen LogP contribution < -0.4 is 5.32 Å². The summed E-state index contributed by atoms with van der Waals surface area (Å²) in [6, 6.07) is 11.8. The minimum Gasteiger partial charge on any atom is -0.313 e.